The number of carbonyl (C=O) groups excluding carboxylic acids is 1. The van der Waals surface area contributed by atoms with Gasteiger partial charge in [-0.1, -0.05) is 12.1 Å². The maximum absolute atomic E-state index is 12.9. The molecule has 2 aromatic carbocycles. The lowest BCUT2D eigenvalue weighted by atomic mass is 10.1. The Labute approximate surface area is 139 Å². The van der Waals surface area contributed by atoms with E-state index in [2.05, 4.69) is 17.1 Å². The Hall–Kier alpha value is -2.01. The van der Waals surface area contributed by atoms with Crippen molar-refractivity contribution in [2.75, 3.05) is 23.7 Å². The zero-order valence-corrected chi connectivity index (χ0v) is 13.8. The molecule has 0 unspecified atom stereocenters. The number of anilines is 1. The second-order valence-corrected chi connectivity index (χ2v) is 6.56. The number of halogens is 1. The highest BCUT2D eigenvalue weighted by atomic mass is 32.2. The largest absolute Gasteiger partial charge is 0.370 e. The van der Waals surface area contributed by atoms with Crippen LogP contribution in [0.4, 0.5) is 10.1 Å². The van der Waals surface area contributed by atoms with Crippen LogP contribution in [0.2, 0.25) is 0 Å². The standard InChI is InChI=1S/C18H19FN2OS/c1-2-21-9-10-23-17-8-5-14(11-16(17)21)18(22)20-12-13-3-6-15(19)7-4-13/h3-8,11H,2,9-10,12H2,1H3,(H,20,22). The van der Waals surface area contributed by atoms with E-state index >= 15 is 0 Å². The molecule has 0 atom stereocenters. The van der Waals surface area contributed by atoms with Crippen molar-refractivity contribution in [3.8, 4) is 0 Å². The van der Waals surface area contributed by atoms with Gasteiger partial charge in [0.05, 0.1) is 5.69 Å². The monoisotopic (exact) mass is 330 g/mol. The van der Waals surface area contributed by atoms with Crippen LogP contribution in [0.1, 0.15) is 22.8 Å². The second kappa shape index (κ2) is 7.04. The molecule has 0 aliphatic carbocycles. The number of carbonyl (C=O) groups is 1. The summed E-state index contributed by atoms with van der Waals surface area (Å²) in [5.74, 6) is 0.701. The van der Waals surface area contributed by atoms with E-state index in [1.165, 1.54) is 17.0 Å². The van der Waals surface area contributed by atoms with Gasteiger partial charge in [0.2, 0.25) is 0 Å². The summed E-state index contributed by atoms with van der Waals surface area (Å²) in [5.41, 5.74) is 2.67. The predicted molar refractivity (Wildman–Crippen MR) is 92.6 cm³/mol. The van der Waals surface area contributed by atoms with Crippen LogP contribution in [0, 0.1) is 5.82 Å². The van der Waals surface area contributed by atoms with Gasteiger partial charge < -0.3 is 10.2 Å². The molecule has 0 aromatic heterocycles. The first-order valence-electron chi connectivity index (χ1n) is 7.72. The van der Waals surface area contributed by atoms with Crippen molar-refractivity contribution in [3.63, 3.8) is 0 Å². The zero-order valence-electron chi connectivity index (χ0n) is 13.0. The Balaban J connectivity index is 1.71. The van der Waals surface area contributed by atoms with Gasteiger partial charge in [0, 0.05) is 35.8 Å². The number of fused-ring (bicyclic) bond motifs is 1. The molecule has 1 heterocycles. The van der Waals surface area contributed by atoms with Crippen molar-refractivity contribution >= 4 is 23.4 Å². The Kier molecular flexibility index (Phi) is 4.86. The number of amides is 1. The third kappa shape index (κ3) is 3.67. The van der Waals surface area contributed by atoms with E-state index in [-0.39, 0.29) is 11.7 Å². The molecule has 2 aromatic rings. The van der Waals surface area contributed by atoms with Gasteiger partial charge in [0.25, 0.3) is 5.91 Å². The van der Waals surface area contributed by atoms with E-state index in [1.807, 2.05) is 30.0 Å². The van der Waals surface area contributed by atoms with Crippen molar-refractivity contribution < 1.29 is 9.18 Å². The lowest BCUT2D eigenvalue weighted by Gasteiger charge is -2.30. The Morgan fingerprint density at radius 1 is 1.26 bits per heavy atom. The molecule has 1 aliphatic rings. The molecule has 0 fully saturated rings. The minimum absolute atomic E-state index is 0.108. The minimum Gasteiger partial charge on any atom is -0.370 e. The summed E-state index contributed by atoms with van der Waals surface area (Å²) in [4.78, 5) is 15.9. The molecule has 0 saturated heterocycles. The molecule has 3 nitrogen and oxygen atoms in total. The minimum atomic E-state index is -0.271. The highest BCUT2D eigenvalue weighted by molar-refractivity contribution is 7.99. The Morgan fingerprint density at radius 3 is 2.78 bits per heavy atom. The number of rotatable bonds is 4. The predicted octanol–water partition coefficient (Wildman–Crippen LogP) is 3.69. The van der Waals surface area contributed by atoms with E-state index in [1.54, 1.807) is 12.1 Å². The first-order chi connectivity index (χ1) is 11.2. The number of nitrogens with zero attached hydrogens (tertiary/aromatic N) is 1. The number of benzene rings is 2. The summed E-state index contributed by atoms with van der Waals surface area (Å²) in [6, 6.07) is 12.0. The summed E-state index contributed by atoms with van der Waals surface area (Å²) in [7, 11) is 0. The summed E-state index contributed by atoms with van der Waals surface area (Å²) in [6.07, 6.45) is 0. The van der Waals surface area contributed by atoms with Crippen LogP contribution in [-0.4, -0.2) is 24.7 Å². The number of thioether (sulfide) groups is 1. The molecule has 1 amide bonds. The lowest BCUT2D eigenvalue weighted by molar-refractivity contribution is 0.0951. The SMILES string of the molecule is CCN1CCSc2ccc(C(=O)NCc3ccc(F)cc3)cc21. The third-order valence-electron chi connectivity index (χ3n) is 3.93. The molecule has 0 saturated carbocycles. The maximum Gasteiger partial charge on any atom is 0.251 e. The average molecular weight is 330 g/mol. The third-order valence-corrected chi connectivity index (χ3v) is 4.97. The fraction of sp³-hybridized carbons (Fsp3) is 0.278. The molecule has 1 N–H and O–H groups in total. The molecule has 0 radical (unpaired) electrons. The smallest absolute Gasteiger partial charge is 0.251 e. The van der Waals surface area contributed by atoms with Crippen LogP contribution in [0.5, 0.6) is 0 Å². The molecule has 23 heavy (non-hydrogen) atoms. The normalized spacial score (nSPS) is 13.6. The summed E-state index contributed by atoms with van der Waals surface area (Å²) in [6.45, 7) is 4.46. The summed E-state index contributed by atoms with van der Waals surface area (Å²) >= 11 is 1.83. The maximum atomic E-state index is 12.9. The fourth-order valence-corrected chi connectivity index (χ4v) is 3.66. The molecule has 1 aliphatic heterocycles. The van der Waals surface area contributed by atoms with Gasteiger partial charge in [0.1, 0.15) is 5.82 Å². The van der Waals surface area contributed by atoms with Crippen LogP contribution in [0.3, 0.4) is 0 Å². The van der Waals surface area contributed by atoms with Crippen molar-refractivity contribution in [2.24, 2.45) is 0 Å². The summed E-state index contributed by atoms with van der Waals surface area (Å²) < 4.78 is 12.9. The number of nitrogens with one attached hydrogen (secondary N) is 1. The van der Waals surface area contributed by atoms with E-state index in [0.717, 1.165) is 30.1 Å². The number of hydrogen-bond donors (Lipinski definition) is 1. The Morgan fingerprint density at radius 2 is 2.04 bits per heavy atom. The van der Waals surface area contributed by atoms with Gasteiger partial charge in [0.15, 0.2) is 0 Å². The van der Waals surface area contributed by atoms with E-state index in [9.17, 15) is 9.18 Å². The molecule has 3 rings (SSSR count). The number of hydrogen-bond acceptors (Lipinski definition) is 3. The van der Waals surface area contributed by atoms with Crippen LogP contribution in [0.25, 0.3) is 0 Å². The van der Waals surface area contributed by atoms with E-state index in [0.29, 0.717) is 12.1 Å². The molecular formula is C18H19FN2OS. The Bertz CT molecular complexity index is 703. The molecular weight excluding hydrogens is 311 g/mol. The van der Waals surface area contributed by atoms with Gasteiger partial charge in [-0.3, -0.25) is 4.79 Å². The first kappa shape index (κ1) is 15.9. The highest BCUT2D eigenvalue weighted by Crippen LogP contribution is 2.35. The van der Waals surface area contributed by atoms with Gasteiger partial charge in [-0.05, 0) is 42.8 Å². The molecule has 0 spiro atoms. The lowest BCUT2D eigenvalue weighted by Crippen LogP contribution is -2.29. The van der Waals surface area contributed by atoms with Crippen LogP contribution < -0.4 is 10.2 Å². The van der Waals surface area contributed by atoms with Crippen molar-refractivity contribution in [1.29, 1.82) is 0 Å². The fourth-order valence-electron chi connectivity index (χ4n) is 2.63. The second-order valence-electron chi connectivity index (χ2n) is 5.42. The van der Waals surface area contributed by atoms with Gasteiger partial charge >= 0.3 is 0 Å². The van der Waals surface area contributed by atoms with Gasteiger partial charge in [-0.2, -0.15) is 0 Å². The van der Waals surface area contributed by atoms with Crippen molar-refractivity contribution in [3.05, 3.63) is 59.4 Å². The quantitative estimate of drug-likeness (QED) is 0.928. The zero-order chi connectivity index (χ0) is 16.2. The highest BCUT2D eigenvalue weighted by Gasteiger charge is 2.18. The van der Waals surface area contributed by atoms with Crippen LogP contribution in [0.15, 0.2) is 47.4 Å². The van der Waals surface area contributed by atoms with Gasteiger partial charge in [-0.15, -0.1) is 11.8 Å². The van der Waals surface area contributed by atoms with E-state index < -0.39 is 0 Å². The van der Waals surface area contributed by atoms with Gasteiger partial charge in [-0.25, -0.2) is 4.39 Å². The van der Waals surface area contributed by atoms with Crippen molar-refractivity contribution in [2.45, 2.75) is 18.4 Å². The van der Waals surface area contributed by atoms with Crippen LogP contribution >= 0.6 is 11.8 Å². The van der Waals surface area contributed by atoms with Crippen LogP contribution in [-0.2, 0) is 6.54 Å². The molecule has 120 valence electrons. The summed E-state index contributed by atoms with van der Waals surface area (Å²) in [5, 5.41) is 2.89. The molecule has 0 bridgehead atoms. The first-order valence-corrected chi connectivity index (χ1v) is 8.70. The van der Waals surface area contributed by atoms with E-state index in [4.69, 9.17) is 0 Å². The average Bonchev–Trinajstić information content (AvgIpc) is 2.60. The van der Waals surface area contributed by atoms with Crippen molar-refractivity contribution in [1.82, 2.24) is 5.32 Å². The topological polar surface area (TPSA) is 32.3 Å². The molecule has 5 heteroatoms.